The number of benzene rings is 2. The van der Waals surface area contributed by atoms with E-state index in [-0.39, 0.29) is 18.2 Å². The topological polar surface area (TPSA) is 77.1 Å². The molecule has 0 spiro atoms. The minimum atomic E-state index is -0.415. The number of ether oxygens (including phenoxy) is 3. The molecule has 1 saturated heterocycles. The molecule has 0 bridgehead atoms. The average molecular weight is 384 g/mol. The molecule has 2 aromatic carbocycles. The van der Waals surface area contributed by atoms with Crippen molar-refractivity contribution in [2.45, 2.75) is 13.0 Å². The first kappa shape index (κ1) is 19.5. The maximum atomic E-state index is 12.6. The van der Waals surface area contributed by atoms with Crippen molar-refractivity contribution in [2.75, 3.05) is 32.8 Å². The van der Waals surface area contributed by atoms with Gasteiger partial charge in [0.1, 0.15) is 17.2 Å². The van der Waals surface area contributed by atoms with Gasteiger partial charge in [0, 0.05) is 25.6 Å². The smallest absolute Gasteiger partial charge is 0.227 e. The van der Waals surface area contributed by atoms with E-state index in [2.05, 4.69) is 5.32 Å². The summed E-state index contributed by atoms with van der Waals surface area (Å²) in [7, 11) is 4.72. The van der Waals surface area contributed by atoms with Crippen molar-refractivity contribution >= 4 is 17.5 Å². The molecule has 1 atom stereocenters. The third-order valence-corrected chi connectivity index (χ3v) is 4.80. The lowest BCUT2D eigenvalue weighted by molar-refractivity contribution is -0.126. The fourth-order valence-electron chi connectivity index (χ4n) is 3.20. The first-order valence-corrected chi connectivity index (χ1v) is 8.98. The summed E-state index contributed by atoms with van der Waals surface area (Å²) in [4.78, 5) is 26.7. The van der Waals surface area contributed by atoms with Gasteiger partial charge in [0.2, 0.25) is 11.8 Å². The fraction of sp³-hybridized carbons (Fsp3) is 0.333. The molecule has 3 rings (SSSR count). The van der Waals surface area contributed by atoms with Crippen molar-refractivity contribution < 1.29 is 23.8 Å². The minimum absolute atomic E-state index is 0.115. The quantitative estimate of drug-likeness (QED) is 0.793. The highest BCUT2D eigenvalue weighted by atomic mass is 16.5. The van der Waals surface area contributed by atoms with Gasteiger partial charge in [-0.05, 0) is 29.8 Å². The number of amides is 2. The van der Waals surface area contributed by atoms with Crippen LogP contribution in [0.1, 0.15) is 12.0 Å². The molecular formula is C21H24N2O5. The number of hydrogen-bond donors (Lipinski definition) is 1. The van der Waals surface area contributed by atoms with Crippen LogP contribution in [0.5, 0.6) is 17.2 Å². The van der Waals surface area contributed by atoms with Crippen molar-refractivity contribution in [3.63, 3.8) is 0 Å². The number of carbonyl (C=O) groups is 2. The predicted octanol–water partition coefficient (Wildman–Crippen LogP) is 2.38. The number of anilines is 1. The van der Waals surface area contributed by atoms with E-state index in [0.29, 0.717) is 30.3 Å². The van der Waals surface area contributed by atoms with Gasteiger partial charge in [0.15, 0.2) is 0 Å². The van der Waals surface area contributed by atoms with Crippen LogP contribution in [0.3, 0.4) is 0 Å². The predicted molar refractivity (Wildman–Crippen MR) is 105 cm³/mol. The molecule has 7 nitrogen and oxygen atoms in total. The Hall–Kier alpha value is -3.22. The lowest BCUT2D eigenvalue weighted by atomic mass is 10.1. The maximum absolute atomic E-state index is 12.6. The fourth-order valence-corrected chi connectivity index (χ4v) is 3.20. The molecule has 28 heavy (non-hydrogen) atoms. The summed E-state index contributed by atoms with van der Waals surface area (Å²) >= 11 is 0. The van der Waals surface area contributed by atoms with Gasteiger partial charge in [-0.25, -0.2) is 0 Å². The maximum Gasteiger partial charge on any atom is 0.227 e. The Bertz CT molecular complexity index is 850. The van der Waals surface area contributed by atoms with Crippen LogP contribution in [-0.2, 0) is 16.1 Å². The molecule has 7 heteroatoms. The van der Waals surface area contributed by atoms with Crippen LogP contribution >= 0.6 is 0 Å². The van der Waals surface area contributed by atoms with Crippen LogP contribution in [0.4, 0.5) is 5.69 Å². The van der Waals surface area contributed by atoms with Crippen molar-refractivity contribution in [3.8, 4) is 17.2 Å². The Kier molecular flexibility index (Phi) is 6.03. The van der Waals surface area contributed by atoms with E-state index in [1.165, 1.54) is 0 Å². The third kappa shape index (κ3) is 4.19. The van der Waals surface area contributed by atoms with E-state index < -0.39 is 5.92 Å². The summed E-state index contributed by atoms with van der Waals surface area (Å²) in [5.41, 5.74) is 1.57. The molecular weight excluding hydrogens is 360 g/mol. The van der Waals surface area contributed by atoms with Crippen molar-refractivity contribution in [3.05, 3.63) is 48.0 Å². The molecule has 1 aliphatic rings. The molecule has 0 saturated carbocycles. The van der Waals surface area contributed by atoms with Gasteiger partial charge in [-0.15, -0.1) is 0 Å². The number of methoxy groups -OCH3 is 3. The number of carbonyl (C=O) groups excluding carboxylic acids is 2. The van der Waals surface area contributed by atoms with Crippen molar-refractivity contribution in [2.24, 2.45) is 5.92 Å². The Morgan fingerprint density at radius 2 is 1.71 bits per heavy atom. The zero-order valence-corrected chi connectivity index (χ0v) is 16.2. The van der Waals surface area contributed by atoms with Crippen LogP contribution in [0, 0.1) is 5.92 Å². The second-order valence-corrected chi connectivity index (χ2v) is 6.51. The molecule has 1 N–H and O–H groups in total. The normalized spacial score (nSPS) is 16.0. The summed E-state index contributed by atoms with van der Waals surface area (Å²) in [6.07, 6.45) is 0.162. The Morgan fingerprint density at radius 3 is 2.36 bits per heavy atom. The molecule has 1 fully saturated rings. The highest BCUT2D eigenvalue weighted by Crippen LogP contribution is 2.36. The highest BCUT2D eigenvalue weighted by molar-refractivity contribution is 6.01. The van der Waals surface area contributed by atoms with Gasteiger partial charge in [0.25, 0.3) is 0 Å². The average Bonchev–Trinajstić information content (AvgIpc) is 3.13. The number of rotatable bonds is 7. The van der Waals surface area contributed by atoms with Crippen LogP contribution in [0.25, 0.3) is 0 Å². The van der Waals surface area contributed by atoms with E-state index in [9.17, 15) is 9.59 Å². The van der Waals surface area contributed by atoms with Crippen LogP contribution in [0.2, 0.25) is 0 Å². The highest BCUT2D eigenvalue weighted by Gasteiger charge is 2.36. The van der Waals surface area contributed by atoms with E-state index in [1.807, 2.05) is 24.3 Å². The Morgan fingerprint density at radius 1 is 1.04 bits per heavy atom. The lowest BCUT2D eigenvalue weighted by Crippen LogP contribution is -2.32. The summed E-state index contributed by atoms with van der Waals surface area (Å²) in [6, 6.07) is 12.7. The zero-order chi connectivity index (χ0) is 20.1. The molecule has 1 aliphatic heterocycles. The SMILES string of the molecule is COc1ccc(CNC(=O)[C@H]2CC(=O)N(c3cc(OC)ccc3OC)C2)cc1. The molecule has 0 radical (unpaired) electrons. The second-order valence-electron chi connectivity index (χ2n) is 6.51. The number of nitrogens with one attached hydrogen (secondary N) is 1. The third-order valence-electron chi connectivity index (χ3n) is 4.80. The summed E-state index contributed by atoms with van der Waals surface area (Å²) in [6.45, 7) is 0.701. The van der Waals surface area contributed by atoms with Gasteiger partial charge < -0.3 is 24.4 Å². The number of hydrogen-bond acceptors (Lipinski definition) is 5. The molecule has 0 aliphatic carbocycles. The van der Waals surface area contributed by atoms with Crippen molar-refractivity contribution in [1.82, 2.24) is 5.32 Å². The summed E-state index contributed by atoms with van der Waals surface area (Å²) in [5.74, 6) is 1.27. The summed E-state index contributed by atoms with van der Waals surface area (Å²) < 4.78 is 15.7. The first-order chi connectivity index (χ1) is 13.5. The zero-order valence-electron chi connectivity index (χ0n) is 16.2. The van der Waals surface area contributed by atoms with Crippen LogP contribution < -0.4 is 24.4 Å². The molecule has 0 unspecified atom stereocenters. The van der Waals surface area contributed by atoms with E-state index in [1.54, 1.807) is 44.4 Å². The minimum Gasteiger partial charge on any atom is -0.497 e. The first-order valence-electron chi connectivity index (χ1n) is 8.98. The Balaban J connectivity index is 1.65. The molecule has 2 aromatic rings. The van der Waals surface area contributed by atoms with Gasteiger partial charge in [0.05, 0.1) is 32.9 Å². The van der Waals surface area contributed by atoms with E-state index in [4.69, 9.17) is 14.2 Å². The van der Waals surface area contributed by atoms with Crippen LogP contribution in [0.15, 0.2) is 42.5 Å². The van der Waals surface area contributed by atoms with Gasteiger partial charge >= 0.3 is 0 Å². The van der Waals surface area contributed by atoms with Gasteiger partial charge in [-0.3, -0.25) is 9.59 Å². The Labute approximate surface area is 164 Å². The monoisotopic (exact) mass is 384 g/mol. The second kappa shape index (κ2) is 8.65. The van der Waals surface area contributed by atoms with E-state index in [0.717, 1.165) is 11.3 Å². The van der Waals surface area contributed by atoms with Gasteiger partial charge in [-0.2, -0.15) is 0 Å². The summed E-state index contributed by atoms with van der Waals surface area (Å²) in [5, 5.41) is 2.91. The largest absolute Gasteiger partial charge is 0.497 e. The van der Waals surface area contributed by atoms with E-state index >= 15 is 0 Å². The lowest BCUT2D eigenvalue weighted by Gasteiger charge is -2.20. The van der Waals surface area contributed by atoms with Gasteiger partial charge in [-0.1, -0.05) is 12.1 Å². The van der Waals surface area contributed by atoms with Crippen LogP contribution in [-0.4, -0.2) is 39.7 Å². The molecule has 1 heterocycles. The molecule has 2 amide bonds. The molecule has 148 valence electrons. The molecule has 0 aromatic heterocycles. The standard InChI is InChI=1S/C21H24N2O5/c1-26-16-6-4-14(5-7-16)12-22-21(25)15-10-20(24)23(13-15)18-11-17(27-2)8-9-19(18)28-3/h4-9,11,15H,10,12-13H2,1-3H3,(H,22,25)/t15-/m0/s1. The number of nitrogens with zero attached hydrogens (tertiary/aromatic N) is 1. The van der Waals surface area contributed by atoms with Crippen molar-refractivity contribution in [1.29, 1.82) is 0 Å².